The van der Waals surface area contributed by atoms with Crippen molar-refractivity contribution in [2.24, 2.45) is 0 Å². The van der Waals surface area contributed by atoms with E-state index in [1.54, 1.807) is 6.26 Å². The average molecular weight is 412 g/mol. The maximum atomic E-state index is 12.9. The van der Waals surface area contributed by atoms with Gasteiger partial charge in [-0.2, -0.15) is 0 Å². The summed E-state index contributed by atoms with van der Waals surface area (Å²) in [5.74, 6) is -0.0800. The highest BCUT2D eigenvalue weighted by Gasteiger charge is 2.19. The molecule has 2 heterocycles. The largest absolute Gasteiger partial charge is 0.464 e. The van der Waals surface area contributed by atoms with Crippen LogP contribution in [0.1, 0.15) is 16.7 Å². The fourth-order valence-corrected chi connectivity index (χ4v) is 3.94. The van der Waals surface area contributed by atoms with Crippen molar-refractivity contribution < 1.29 is 9.21 Å². The van der Waals surface area contributed by atoms with Crippen molar-refractivity contribution in [2.75, 3.05) is 43.4 Å². The number of piperazine rings is 1. The number of nitrogens with zero attached hydrogens (tertiary/aromatic N) is 2. The van der Waals surface area contributed by atoms with E-state index in [0.29, 0.717) is 5.02 Å². The molecule has 3 aromatic rings. The molecular weight excluding hydrogens is 386 g/mol. The molecule has 1 aliphatic heterocycles. The topological polar surface area (TPSA) is 48.7 Å². The summed E-state index contributed by atoms with van der Waals surface area (Å²) >= 11 is 6.22. The highest BCUT2D eigenvalue weighted by molar-refractivity contribution is 6.31. The Morgan fingerprint density at radius 2 is 1.83 bits per heavy atom. The molecular formula is C23H26ClN3O2. The molecule has 29 heavy (non-hydrogen) atoms. The molecule has 0 bridgehead atoms. The van der Waals surface area contributed by atoms with E-state index in [-0.39, 0.29) is 12.3 Å². The fourth-order valence-electron chi connectivity index (χ4n) is 3.77. The van der Waals surface area contributed by atoms with Gasteiger partial charge in [0.25, 0.3) is 0 Å². The van der Waals surface area contributed by atoms with E-state index in [1.807, 2.05) is 24.3 Å². The Hall–Kier alpha value is -2.50. The van der Waals surface area contributed by atoms with Gasteiger partial charge in [0.2, 0.25) is 5.91 Å². The van der Waals surface area contributed by atoms with Gasteiger partial charge in [-0.15, -0.1) is 0 Å². The first kappa shape index (κ1) is 19.8. The molecule has 6 heteroatoms. The zero-order valence-electron chi connectivity index (χ0n) is 17.1. The summed E-state index contributed by atoms with van der Waals surface area (Å²) in [5, 5.41) is 4.67. The summed E-state index contributed by atoms with van der Waals surface area (Å²) in [7, 11) is 2.13. The molecule has 1 amide bonds. The molecule has 1 aromatic heterocycles. The molecule has 1 N–H and O–H groups in total. The third kappa shape index (κ3) is 4.26. The number of carbonyl (C=O) groups excluding carboxylic acids is 1. The Balaban J connectivity index is 1.54. The molecule has 4 rings (SSSR count). The van der Waals surface area contributed by atoms with Crippen molar-refractivity contribution >= 4 is 39.9 Å². The second kappa shape index (κ2) is 8.09. The van der Waals surface area contributed by atoms with Crippen LogP contribution in [0.4, 0.5) is 11.4 Å². The zero-order chi connectivity index (χ0) is 20.5. The molecule has 0 spiro atoms. The van der Waals surface area contributed by atoms with Gasteiger partial charge in [0.15, 0.2) is 0 Å². The minimum Gasteiger partial charge on any atom is -0.464 e. The van der Waals surface area contributed by atoms with Crippen molar-refractivity contribution in [1.82, 2.24) is 4.90 Å². The normalized spacial score (nSPS) is 15.1. The zero-order valence-corrected chi connectivity index (χ0v) is 17.8. The Morgan fingerprint density at radius 1 is 1.10 bits per heavy atom. The summed E-state index contributed by atoms with van der Waals surface area (Å²) in [6.45, 7) is 7.96. The van der Waals surface area contributed by atoms with E-state index in [2.05, 4.69) is 42.1 Å². The van der Waals surface area contributed by atoms with Crippen LogP contribution >= 0.6 is 11.6 Å². The number of furan rings is 1. The highest BCUT2D eigenvalue weighted by Crippen LogP contribution is 2.31. The van der Waals surface area contributed by atoms with Gasteiger partial charge in [-0.1, -0.05) is 11.6 Å². The third-order valence-corrected chi connectivity index (χ3v) is 5.93. The van der Waals surface area contributed by atoms with Crippen LogP contribution in [0, 0.1) is 13.8 Å². The van der Waals surface area contributed by atoms with Crippen molar-refractivity contribution in [3.8, 4) is 0 Å². The summed E-state index contributed by atoms with van der Waals surface area (Å²) in [5.41, 5.74) is 5.85. The molecule has 0 aliphatic carbocycles. The van der Waals surface area contributed by atoms with Gasteiger partial charge in [-0.3, -0.25) is 4.79 Å². The van der Waals surface area contributed by atoms with Crippen molar-refractivity contribution in [2.45, 2.75) is 20.3 Å². The van der Waals surface area contributed by atoms with Crippen molar-refractivity contribution in [1.29, 1.82) is 0 Å². The third-order valence-electron chi connectivity index (χ3n) is 5.70. The number of hydrogen-bond donors (Lipinski definition) is 1. The van der Waals surface area contributed by atoms with Gasteiger partial charge in [-0.25, -0.2) is 0 Å². The van der Waals surface area contributed by atoms with Crippen molar-refractivity contribution in [3.63, 3.8) is 0 Å². The lowest BCUT2D eigenvalue weighted by molar-refractivity contribution is -0.115. The van der Waals surface area contributed by atoms with E-state index in [4.69, 9.17) is 16.0 Å². The number of likely N-dealkylation sites (N-methyl/N-ethyl adjacent to an activating group) is 1. The first-order valence-electron chi connectivity index (χ1n) is 9.91. The smallest absolute Gasteiger partial charge is 0.228 e. The molecule has 1 aliphatic rings. The minimum absolute atomic E-state index is 0.0800. The number of nitrogens with one attached hydrogen (secondary N) is 1. The van der Waals surface area contributed by atoms with Gasteiger partial charge in [0.05, 0.1) is 24.1 Å². The molecule has 2 aromatic carbocycles. The molecule has 1 fully saturated rings. The van der Waals surface area contributed by atoms with Crippen LogP contribution in [-0.4, -0.2) is 44.0 Å². The Bertz CT molecular complexity index is 1050. The molecule has 0 saturated carbocycles. The quantitative estimate of drug-likeness (QED) is 0.679. The second-order valence-corrected chi connectivity index (χ2v) is 8.31. The fraction of sp³-hybridized carbons (Fsp3) is 0.348. The minimum atomic E-state index is -0.0800. The number of halogens is 1. The van der Waals surface area contributed by atoms with Crippen LogP contribution in [0.3, 0.4) is 0 Å². The number of amides is 1. The van der Waals surface area contributed by atoms with E-state index in [1.165, 1.54) is 11.1 Å². The highest BCUT2D eigenvalue weighted by atomic mass is 35.5. The van der Waals surface area contributed by atoms with Crippen molar-refractivity contribution in [3.05, 3.63) is 58.3 Å². The monoisotopic (exact) mass is 411 g/mol. The van der Waals surface area contributed by atoms with Gasteiger partial charge in [0.1, 0.15) is 5.58 Å². The molecule has 0 radical (unpaired) electrons. The van der Waals surface area contributed by atoms with Crippen LogP contribution < -0.4 is 10.2 Å². The first-order valence-corrected chi connectivity index (χ1v) is 10.3. The summed E-state index contributed by atoms with van der Waals surface area (Å²) in [6, 6.07) is 9.80. The lowest BCUT2D eigenvalue weighted by atomic mass is 10.0. The summed E-state index contributed by atoms with van der Waals surface area (Å²) in [4.78, 5) is 17.5. The lowest BCUT2D eigenvalue weighted by Gasteiger charge is -2.35. The summed E-state index contributed by atoms with van der Waals surface area (Å²) in [6.07, 6.45) is 1.94. The maximum Gasteiger partial charge on any atom is 0.228 e. The molecule has 5 nitrogen and oxygen atoms in total. The maximum absolute atomic E-state index is 12.9. The predicted molar refractivity (Wildman–Crippen MR) is 119 cm³/mol. The Morgan fingerprint density at radius 3 is 2.59 bits per heavy atom. The number of fused-ring (bicyclic) bond motifs is 1. The average Bonchev–Trinajstić information content (AvgIpc) is 3.04. The SMILES string of the molecule is Cc1cc2occ(CC(=O)Nc3cc(Cl)ccc3N3CCN(C)CC3)c2cc1C. The number of aryl methyl sites for hydroxylation is 2. The lowest BCUT2D eigenvalue weighted by Crippen LogP contribution is -2.44. The van der Waals surface area contributed by atoms with E-state index < -0.39 is 0 Å². The van der Waals surface area contributed by atoms with Gasteiger partial charge in [0, 0.05) is 42.2 Å². The number of hydrogen-bond acceptors (Lipinski definition) is 4. The predicted octanol–water partition coefficient (Wildman–Crippen LogP) is 4.64. The first-order chi connectivity index (χ1) is 13.9. The number of rotatable bonds is 4. The molecule has 1 saturated heterocycles. The van der Waals surface area contributed by atoms with Gasteiger partial charge < -0.3 is 19.5 Å². The van der Waals surface area contributed by atoms with E-state index in [9.17, 15) is 4.79 Å². The van der Waals surface area contributed by atoms with Crippen LogP contribution in [0.15, 0.2) is 41.0 Å². The molecule has 0 unspecified atom stereocenters. The second-order valence-electron chi connectivity index (χ2n) is 7.87. The van der Waals surface area contributed by atoms with E-state index in [0.717, 1.165) is 54.1 Å². The number of carbonyl (C=O) groups is 1. The van der Waals surface area contributed by atoms with Crippen LogP contribution in [0.2, 0.25) is 5.02 Å². The Labute approximate surface area is 176 Å². The van der Waals surface area contributed by atoms with Gasteiger partial charge in [-0.05, 0) is 62.4 Å². The molecule has 0 atom stereocenters. The van der Waals surface area contributed by atoms with Crippen LogP contribution in [-0.2, 0) is 11.2 Å². The number of anilines is 2. The molecule has 152 valence electrons. The Kier molecular flexibility index (Phi) is 5.52. The van der Waals surface area contributed by atoms with Crippen LogP contribution in [0.5, 0.6) is 0 Å². The van der Waals surface area contributed by atoms with Crippen LogP contribution in [0.25, 0.3) is 11.0 Å². The summed E-state index contributed by atoms with van der Waals surface area (Å²) < 4.78 is 5.67. The standard InChI is InChI=1S/C23H26ClN3O2/c1-15-10-19-17(14-29-22(19)11-16(15)2)12-23(28)25-20-13-18(24)4-5-21(20)27-8-6-26(3)7-9-27/h4-5,10-11,13-14H,6-9,12H2,1-3H3,(H,25,28). The van der Waals surface area contributed by atoms with Gasteiger partial charge >= 0.3 is 0 Å². The van der Waals surface area contributed by atoms with E-state index >= 15 is 0 Å². The number of benzene rings is 2.